The monoisotopic (exact) mass is 164 g/mol. The number of nitrogens with zero attached hydrogens (tertiary/aromatic N) is 2. The van der Waals surface area contributed by atoms with Gasteiger partial charge in [0.05, 0.1) is 0 Å². The molecule has 0 radical (unpaired) electrons. The molecule has 3 heteroatoms. The fourth-order valence-corrected chi connectivity index (χ4v) is 1.28. The summed E-state index contributed by atoms with van der Waals surface area (Å²) in [6, 6.07) is 1.46. The van der Waals surface area contributed by atoms with Gasteiger partial charge in [-0.3, -0.25) is 0 Å². The highest BCUT2D eigenvalue weighted by Gasteiger charge is 2.05. The second-order valence-corrected chi connectivity index (χ2v) is 2.88. The third-order valence-electron chi connectivity index (χ3n) is 2.05. The van der Waals surface area contributed by atoms with E-state index in [4.69, 9.17) is 0 Å². The number of hydrogen-bond donors (Lipinski definition) is 0. The summed E-state index contributed by atoms with van der Waals surface area (Å²) in [5.74, 6) is -0.201. The van der Waals surface area contributed by atoms with E-state index in [1.807, 2.05) is 11.3 Å². The minimum atomic E-state index is -0.201. The average molecular weight is 164 g/mol. The van der Waals surface area contributed by atoms with Crippen molar-refractivity contribution in [2.75, 3.05) is 0 Å². The van der Waals surface area contributed by atoms with Gasteiger partial charge in [0.15, 0.2) is 0 Å². The molecule has 0 N–H and O–H groups in total. The van der Waals surface area contributed by atoms with Gasteiger partial charge in [0.2, 0.25) is 0 Å². The number of aryl methyl sites for hydroxylation is 2. The van der Waals surface area contributed by atoms with Crippen LogP contribution < -0.4 is 0 Å². The van der Waals surface area contributed by atoms with Gasteiger partial charge >= 0.3 is 0 Å². The highest BCUT2D eigenvalue weighted by atomic mass is 19.1. The minimum absolute atomic E-state index is 0.201. The molecule has 2 rings (SSSR count). The Morgan fingerprint density at radius 1 is 1.42 bits per heavy atom. The number of rotatable bonds is 0. The molecule has 0 fully saturated rings. The molecule has 0 saturated carbocycles. The van der Waals surface area contributed by atoms with Crippen LogP contribution in [0.15, 0.2) is 18.5 Å². The smallest absolute Gasteiger partial charge is 0.142 e. The van der Waals surface area contributed by atoms with Crippen molar-refractivity contribution in [1.82, 2.24) is 9.38 Å². The van der Waals surface area contributed by atoms with E-state index in [9.17, 15) is 4.39 Å². The van der Waals surface area contributed by atoms with Crippen LogP contribution in [-0.2, 0) is 0 Å². The van der Waals surface area contributed by atoms with Crippen molar-refractivity contribution in [2.45, 2.75) is 13.8 Å². The zero-order valence-electron chi connectivity index (χ0n) is 7.00. The minimum Gasteiger partial charge on any atom is -0.304 e. The zero-order valence-corrected chi connectivity index (χ0v) is 7.00. The normalized spacial score (nSPS) is 10.9. The van der Waals surface area contributed by atoms with Gasteiger partial charge in [0.1, 0.15) is 11.5 Å². The van der Waals surface area contributed by atoms with Crippen LogP contribution in [0.1, 0.15) is 11.3 Å². The van der Waals surface area contributed by atoms with Crippen LogP contribution >= 0.6 is 0 Å². The fraction of sp³-hybridized carbons (Fsp3) is 0.222. The molecule has 0 aliphatic rings. The summed E-state index contributed by atoms with van der Waals surface area (Å²) >= 11 is 0. The Kier molecular flexibility index (Phi) is 1.40. The summed E-state index contributed by atoms with van der Waals surface area (Å²) < 4.78 is 14.9. The van der Waals surface area contributed by atoms with Crippen LogP contribution in [-0.4, -0.2) is 9.38 Å². The summed E-state index contributed by atoms with van der Waals surface area (Å²) in [5, 5.41) is 0. The average Bonchev–Trinajstić information content (AvgIpc) is 2.41. The Balaban J connectivity index is 2.93. The van der Waals surface area contributed by atoms with Crippen LogP contribution in [0.3, 0.4) is 0 Å². The summed E-state index contributed by atoms with van der Waals surface area (Å²) in [6.45, 7) is 3.68. The Morgan fingerprint density at radius 2 is 2.17 bits per heavy atom. The number of imidazole rings is 1. The van der Waals surface area contributed by atoms with E-state index >= 15 is 0 Å². The Hall–Kier alpha value is -1.38. The SMILES string of the molecule is Cc1c(F)ccn2c(C)cnc12. The number of hydrogen-bond acceptors (Lipinski definition) is 1. The quantitative estimate of drug-likeness (QED) is 0.582. The van der Waals surface area contributed by atoms with Crippen molar-refractivity contribution in [3.8, 4) is 0 Å². The molecule has 0 unspecified atom stereocenters. The van der Waals surface area contributed by atoms with Crippen LogP contribution in [0.2, 0.25) is 0 Å². The number of halogens is 1. The van der Waals surface area contributed by atoms with E-state index in [-0.39, 0.29) is 5.82 Å². The summed E-state index contributed by atoms with van der Waals surface area (Å²) in [5.41, 5.74) is 2.33. The molecular weight excluding hydrogens is 155 g/mol. The highest BCUT2D eigenvalue weighted by molar-refractivity contribution is 5.48. The molecule has 0 bridgehead atoms. The summed E-state index contributed by atoms with van der Waals surface area (Å²) in [6.07, 6.45) is 3.43. The zero-order chi connectivity index (χ0) is 8.72. The van der Waals surface area contributed by atoms with Gasteiger partial charge in [-0.25, -0.2) is 9.37 Å². The first-order chi connectivity index (χ1) is 5.70. The Morgan fingerprint density at radius 3 is 2.92 bits per heavy atom. The molecule has 0 saturated heterocycles. The van der Waals surface area contributed by atoms with Crippen molar-refractivity contribution in [3.05, 3.63) is 35.5 Å². The van der Waals surface area contributed by atoms with Crippen molar-refractivity contribution in [1.29, 1.82) is 0 Å². The third-order valence-corrected chi connectivity index (χ3v) is 2.05. The lowest BCUT2D eigenvalue weighted by molar-refractivity contribution is 0.617. The van der Waals surface area contributed by atoms with Crippen molar-refractivity contribution in [3.63, 3.8) is 0 Å². The van der Waals surface area contributed by atoms with Gasteiger partial charge in [-0.05, 0) is 19.9 Å². The molecule has 0 aliphatic heterocycles. The van der Waals surface area contributed by atoms with Crippen LogP contribution in [0.4, 0.5) is 4.39 Å². The lowest BCUT2D eigenvalue weighted by Crippen LogP contribution is -1.92. The molecule has 0 spiro atoms. The van der Waals surface area contributed by atoms with E-state index in [1.165, 1.54) is 6.07 Å². The van der Waals surface area contributed by atoms with E-state index in [0.29, 0.717) is 11.2 Å². The lowest BCUT2D eigenvalue weighted by Gasteiger charge is -1.99. The number of aromatic nitrogens is 2. The third kappa shape index (κ3) is 0.826. The van der Waals surface area contributed by atoms with Gasteiger partial charge < -0.3 is 4.40 Å². The van der Waals surface area contributed by atoms with Crippen LogP contribution in [0, 0.1) is 19.7 Å². The Bertz CT molecular complexity index is 431. The predicted molar refractivity (Wildman–Crippen MR) is 44.6 cm³/mol. The number of pyridine rings is 1. The predicted octanol–water partition coefficient (Wildman–Crippen LogP) is 2.09. The standard InChI is InChI=1S/C9H9FN2/c1-6-5-11-9-7(2)8(10)3-4-12(6)9/h3-5H,1-2H3. The molecule has 2 nitrogen and oxygen atoms in total. The molecular formula is C9H9FN2. The van der Waals surface area contributed by atoms with Gasteiger partial charge in [-0.15, -0.1) is 0 Å². The largest absolute Gasteiger partial charge is 0.304 e. The van der Waals surface area contributed by atoms with Crippen molar-refractivity contribution < 1.29 is 4.39 Å². The first kappa shape index (κ1) is 7.28. The van der Waals surface area contributed by atoms with Crippen molar-refractivity contribution >= 4 is 5.65 Å². The van der Waals surface area contributed by atoms with E-state index in [0.717, 1.165) is 5.69 Å². The van der Waals surface area contributed by atoms with Crippen LogP contribution in [0.25, 0.3) is 5.65 Å². The molecule has 0 amide bonds. The van der Waals surface area contributed by atoms with Gasteiger partial charge in [0, 0.05) is 23.7 Å². The highest BCUT2D eigenvalue weighted by Crippen LogP contribution is 2.13. The molecule has 0 aliphatic carbocycles. The van der Waals surface area contributed by atoms with E-state index < -0.39 is 0 Å². The molecule has 2 aromatic rings. The first-order valence-electron chi connectivity index (χ1n) is 3.79. The molecule has 0 atom stereocenters. The van der Waals surface area contributed by atoms with Gasteiger partial charge in [-0.1, -0.05) is 0 Å². The Labute approximate surface area is 69.7 Å². The lowest BCUT2D eigenvalue weighted by atomic mass is 10.3. The molecule has 62 valence electrons. The topological polar surface area (TPSA) is 17.3 Å². The maximum Gasteiger partial charge on any atom is 0.142 e. The van der Waals surface area contributed by atoms with Crippen molar-refractivity contribution in [2.24, 2.45) is 0 Å². The number of fused-ring (bicyclic) bond motifs is 1. The second kappa shape index (κ2) is 2.30. The maximum absolute atomic E-state index is 13.0. The molecule has 12 heavy (non-hydrogen) atoms. The molecule has 2 heterocycles. The molecule has 2 aromatic heterocycles. The van der Waals surface area contributed by atoms with Gasteiger partial charge in [0.25, 0.3) is 0 Å². The van der Waals surface area contributed by atoms with E-state index in [1.54, 1.807) is 19.3 Å². The van der Waals surface area contributed by atoms with Gasteiger partial charge in [-0.2, -0.15) is 0 Å². The molecule has 0 aromatic carbocycles. The second-order valence-electron chi connectivity index (χ2n) is 2.88. The summed E-state index contributed by atoms with van der Waals surface area (Å²) in [7, 11) is 0. The van der Waals surface area contributed by atoms with Crippen LogP contribution in [0.5, 0.6) is 0 Å². The first-order valence-corrected chi connectivity index (χ1v) is 3.79. The summed E-state index contributed by atoms with van der Waals surface area (Å²) in [4.78, 5) is 4.10. The van der Waals surface area contributed by atoms with E-state index in [2.05, 4.69) is 4.98 Å². The fourth-order valence-electron chi connectivity index (χ4n) is 1.28. The maximum atomic E-state index is 13.0.